The van der Waals surface area contributed by atoms with Crippen LogP contribution in [-0.2, 0) is 9.47 Å². The molecule has 26 heavy (non-hydrogen) atoms. The third kappa shape index (κ3) is 5.41. The summed E-state index contributed by atoms with van der Waals surface area (Å²) in [6.07, 6.45) is -44.6. The molecule has 0 saturated carbocycles. The zero-order chi connectivity index (χ0) is 20.9. The van der Waals surface area contributed by atoms with Crippen molar-refractivity contribution in [1.29, 1.82) is 0 Å². The third-order valence-electron chi connectivity index (χ3n) is 1.92. The molecular weight excluding hydrogens is 443 g/mol. The molecule has 1 atom stereocenters. The molecule has 0 bridgehead atoms. The first-order chi connectivity index (χ1) is 10.4. The van der Waals surface area contributed by atoms with Crippen molar-refractivity contribution in [2.24, 2.45) is 0 Å². The van der Waals surface area contributed by atoms with Gasteiger partial charge in [0.2, 0.25) is 0 Å². The van der Waals surface area contributed by atoms with E-state index in [0.29, 0.717) is 0 Å². The van der Waals surface area contributed by atoms with E-state index in [-0.39, 0.29) is 29.6 Å². The number of ether oxygens (including phenoxy) is 2. The number of hydrogen-bond donors (Lipinski definition) is 0. The average Bonchev–Trinajstić information content (AvgIpc) is 2.21. The first-order valence-electron chi connectivity index (χ1n) is 4.84. The van der Waals surface area contributed by atoms with Gasteiger partial charge in [-0.3, -0.25) is 4.74 Å². The summed E-state index contributed by atoms with van der Waals surface area (Å²) in [5.41, 5.74) is 0. The maximum atomic E-state index is 13.1. The average molecular weight is 444 g/mol. The quantitative estimate of drug-likeness (QED) is 0.460. The van der Waals surface area contributed by atoms with Crippen molar-refractivity contribution < 1.29 is 79.7 Å². The monoisotopic (exact) mass is 444 g/mol. The van der Waals surface area contributed by atoms with Crippen molar-refractivity contribution in [3.05, 3.63) is 0 Å². The molecule has 0 heterocycles. The Balaban J connectivity index is 0. The topological polar surface area (TPSA) is 18.5 Å². The Hall–Kier alpha value is -0.200. The van der Waals surface area contributed by atoms with Crippen LogP contribution in [0.2, 0.25) is 0 Å². The van der Waals surface area contributed by atoms with Crippen molar-refractivity contribution in [2.75, 3.05) is 0 Å². The molecule has 0 aromatic carbocycles. The molecule has 19 heteroatoms. The van der Waals surface area contributed by atoms with Crippen molar-refractivity contribution in [3.8, 4) is 0 Å². The van der Waals surface area contributed by atoms with E-state index >= 15 is 0 Å². The number of halogens is 16. The molecule has 0 amide bonds. The van der Waals surface area contributed by atoms with E-state index in [1.807, 2.05) is 0 Å². The van der Waals surface area contributed by atoms with Crippen LogP contribution in [0, 0.1) is 0 Å². The van der Waals surface area contributed by atoms with Gasteiger partial charge in [-0.25, -0.2) is 4.74 Å². The second-order valence-electron chi connectivity index (χ2n) is 3.84. The molecule has 2 nitrogen and oxygen atoms in total. The maximum absolute atomic E-state index is 13.1. The Morgan fingerprint density at radius 2 is 0.615 bits per heavy atom. The van der Waals surface area contributed by atoms with Gasteiger partial charge in [0.1, 0.15) is 0 Å². The second-order valence-corrected chi connectivity index (χ2v) is 3.84. The van der Waals surface area contributed by atoms with Crippen LogP contribution in [0.5, 0.6) is 0 Å². The third-order valence-corrected chi connectivity index (χ3v) is 1.92. The molecule has 0 N–H and O–H groups in total. The van der Waals surface area contributed by atoms with Gasteiger partial charge in [-0.15, -0.1) is 0 Å². The van der Waals surface area contributed by atoms with Crippen LogP contribution >= 0.6 is 0 Å². The molecule has 0 radical (unpaired) electrons. The Bertz CT molecular complexity index is 476. The first kappa shape index (κ1) is 28.0. The second kappa shape index (κ2) is 7.32. The Labute approximate surface area is 152 Å². The summed E-state index contributed by atoms with van der Waals surface area (Å²) in [5, 5.41) is 0. The van der Waals surface area contributed by atoms with Gasteiger partial charge in [-0.05, 0) is 0 Å². The normalized spacial score (nSPS) is 17.5. The van der Waals surface area contributed by atoms with Crippen LogP contribution < -0.4 is 0 Å². The van der Waals surface area contributed by atoms with E-state index in [2.05, 4.69) is 0 Å². The summed E-state index contributed by atoms with van der Waals surface area (Å²) in [6, 6.07) is 0. The van der Waals surface area contributed by atoms with Gasteiger partial charge in [0.15, 0.2) is 0 Å². The van der Waals surface area contributed by atoms with Gasteiger partial charge in [-0.2, -0.15) is 70.2 Å². The molecule has 0 saturated heterocycles. The first-order valence-corrected chi connectivity index (χ1v) is 4.84. The predicted molar refractivity (Wildman–Crippen MR) is 46.2 cm³/mol. The summed E-state index contributed by atoms with van der Waals surface area (Å²) in [6.45, 7) is 0. The molecule has 0 aliphatic carbocycles. The summed E-state index contributed by atoms with van der Waals surface area (Å²) in [5.74, 6) is -7.76. The zero-order valence-corrected chi connectivity index (χ0v) is 10.4. The van der Waals surface area contributed by atoms with E-state index < -0.39 is 42.7 Å². The molecule has 0 fully saturated rings. The van der Waals surface area contributed by atoms with E-state index in [0.717, 1.165) is 0 Å². The number of hydrogen-bond acceptors (Lipinski definition) is 2. The van der Waals surface area contributed by atoms with Gasteiger partial charge in [-0.1, -0.05) is 0 Å². The van der Waals surface area contributed by atoms with E-state index in [1.54, 1.807) is 0 Å². The van der Waals surface area contributed by atoms with Gasteiger partial charge >= 0.3 is 72.3 Å². The fourth-order valence-corrected chi connectivity index (χ4v) is 0.801. The van der Waals surface area contributed by atoms with Gasteiger partial charge in [0, 0.05) is 0 Å². The molecule has 0 rings (SSSR count). The minimum atomic E-state index is -7.76. The fourth-order valence-electron chi connectivity index (χ4n) is 0.801. The Morgan fingerprint density at radius 3 is 0.846 bits per heavy atom. The van der Waals surface area contributed by atoms with Crippen molar-refractivity contribution in [3.63, 3.8) is 0 Å². The molecule has 0 aromatic rings. The zero-order valence-electron chi connectivity index (χ0n) is 10.4. The number of alkyl halides is 16. The van der Waals surface area contributed by atoms with Crippen LogP contribution in [0.1, 0.15) is 0 Å². The van der Waals surface area contributed by atoms with Crippen molar-refractivity contribution in [2.45, 2.75) is 42.7 Å². The van der Waals surface area contributed by atoms with E-state index in [1.165, 1.54) is 9.47 Å². The van der Waals surface area contributed by atoms with Gasteiger partial charge < -0.3 is 0 Å². The summed E-state index contributed by atoms with van der Waals surface area (Å²) >= 11 is 0. The van der Waals surface area contributed by atoms with Crippen molar-refractivity contribution >= 4 is 29.6 Å². The molecule has 0 aromatic heterocycles. The van der Waals surface area contributed by atoms with Crippen LogP contribution in [0.3, 0.4) is 0 Å². The standard InChI is InChI=1S/C7F16O2.Na.H/c8-1(2(9,10)11,24-6(20,21)3(12,13)14)5(18,19)25-7(22,23)4(15,16)17;;. The molecule has 0 spiro atoms. The van der Waals surface area contributed by atoms with Crippen molar-refractivity contribution in [1.82, 2.24) is 0 Å². The van der Waals surface area contributed by atoms with Crippen LogP contribution in [-0.4, -0.2) is 72.3 Å². The Kier molecular flexibility index (Phi) is 7.89. The minimum absolute atomic E-state index is 0. The van der Waals surface area contributed by atoms with E-state index in [9.17, 15) is 70.2 Å². The van der Waals surface area contributed by atoms with Crippen LogP contribution in [0.15, 0.2) is 0 Å². The summed E-state index contributed by atoms with van der Waals surface area (Å²) in [7, 11) is 0. The van der Waals surface area contributed by atoms with E-state index in [4.69, 9.17) is 0 Å². The molecular formula is C7HF16NaO2. The molecule has 154 valence electrons. The molecule has 0 aliphatic heterocycles. The van der Waals surface area contributed by atoms with Gasteiger partial charge in [0.05, 0.1) is 0 Å². The SMILES string of the molecule is FC(F)(F)C(F)(F)OC(F)(F)C(F)(OC(F)(F)C(F)(F)F)C(F)(F)F.[NaH]. The number of rotatable bonds is 5. The molecule has 1 unspecified atom stereocenters. The Morgan fingerprint density at radius 1 is 0.346 bits per heavy atom. The summed E-state index contributed by atoms with van der Waals surface area (Å²) < 4.78 is 196. The molecule has 0 aliphatic rings. The fraction of sp³-hybridized carbons (Fsp3) is 1.00. The van der Waals surface area contributed by atoms with Gasteiger partial charge in [0.25, 0.3) is 0 Å². The van der Waals surface area contributed by atoms with Crippen LogP contribution in [0.25, 0.3) is 0 Å². The predicted octanol–water partition coefficient (Wildman–Crippen LogP) is 4.50. The summed E-state index contributed by atoms with van der Waals surface area (Å²) in [4.78, 5) is 0. The van der Waals surface area contributed by atoms with Crippen LogP contribution in [0.4, 0.5) is 70.2 Å².